The Bertz CT molecular complexity index is 839. The second kappa shape index (κ2) is 9.46. The molecule has 3 N–H and O–H groups in total. The van der Waals surface area contributed by atoms with E-state index in [2.05, 4.69) is 5.32 Å². The summed E-state index contributed by atoms with van der Waals surface area (Å²) in [4.78, 5) is 26.5. The summed E-state index contributed by atoms with van der Waals surface area (Å²) in [5.41, 5.74) is 9.57. The second-order valence-corrected chi connectivity index (χ2v) is 6.72. The molecule has 7 heteroatoms. The van der Waals surface area contributed by atoms with Crippen LogP contribution in [0.15, 0.2) is 42.5 Å². The van der Waals surface area contributed by atoms with Crippen molar-refractivity contribution < 1.29 is 14.3 Å². The molecule has 1 unspecified atom stereocenters. The third-order valence-corrected chi connectivity index (χ3v) is 4.86. The van der Waals surface area contributed by atoms with Crippen LogP contribution in [0, 0.1) is 0 Å². The Balaban J connectivity index is 0.00000280. The third kappa shape index (κ3) is 4.75. The number of amides is 2. The summed E-state index contributed by atoms with van der Waals surface area (Å²) in [6.07, 6.45) is 1.93. The van der Waals surface area contributed by atoms with Crippen molar-refractivity contribution >= 4 is 35.6 Å². The summed E-state index contributed by atoms with van der Waals surface area (Å²) in [7, 11) is 1.60. The minimum atomic E-state index is -0.396. The SMILES string of the molecule is COc1ccc(C(CC(=O)N2CCCc3c(N)cccc32)NC(C)=O)cc1.Cl. The maximum atomic E-state index is 13.1. The van der Waals surface area contributed by atoms with Gasteiger partial charge in [-0.3, -0.25) is 9.59 Å². The summed E-state index contributed by atoms with van der Waals surface area (Å²) in [5, 5.41) is 2.89. The highest BCUT2D eigenvalue weighted by molar-refractivity contribution is 5.96. The van der Waals surface area contributed by atoms with Crippen LogP contribution >= 0.6 is 12.4 Å². The van der Waals surface area contributed by atoms with Crippen LogP contribution in [-0.2, 0) is 16.0 Å². The molecular formula is C21H26ClN3O3. The van der Waals surface area contributed by atoms with Gasteiger partial charge in [0, 0.05) is 24.8 Å². The summed E-state index contributed by atoms with van der Waals surface area (Å²) in [6.45, 7) is 2.11. The highest BCUT2D eigenvalue weighted by atomic mass is 35.5. The van der Waals surface area contributed by atoms with Crippen LogP contribution in [0.25, 0.3) is 0 Å². The molecule has 0 spiro atoms. The lowest BCUT2D eigenvalue weighted by Crippen LogP contribution is -2.39. The molecular weight excluding hydrogens is 378 g/mol. The van der Waals surface area contributed by atoms with Crippen LogP contribution in [0.1, 0.15) is 36.9 Å². The molecule has 1 heterocycles. The molecule has 1 aliphatic heterocycles. The third-order valence-electron chi connectivity index (χ3n) is 4.86. The highest BCUT2D eigenvalue weighted by Crippen LogP contribution is 2.32. The predicted molar refractivity (Wildman–Crippen MR) is 113 cm³/mol. The van der Waals surface area contributed by atoms with Gasteiger partial charge in [0.1, 0.15) is 5.75 Å². The van der Waals surface area contributed by atoms with Crippen molar-refractivity contribution in [3.05, 3.63) is 53.6 Å². The van der Waals surface area contributed by atoms with Gasteiger partial charge in [-0.15, -0.1) is 12.4 Å². The van der Waals surface area contributed by atoms with Gasteiger partial charge in [0.15, 0.2) is 0 Å². The number of carbonyl (C=O) groups excluding carboxylic acids is 2. The lowest BCUT2D eigenvalue weighted by atomic mass is 9.98. The standard InChI is InChI=1S/C21H25N3O3.ClH/c1-14(25)23-19(15-8-10-16(27-2)11-9-15)13-21(26)24-12-4-5-17-18(22)6-3-7-20(17)24;/h3,6-11,19H,4-5,12-13,22H2,1-2H3,(H,23,25);1H. The number of hydrogen-bond acceptors (Lipinski definition) is 4. The van der Waals surface area contributed by atoms with Crippen molar-refractivity contribution in [2.75, 3.05) is 24.3 Å². The Morgan fingerprint density at radius 3 is 2.57 bits per heavy atom. The lowest BCUT2D eigenvalue weighted by molar-refractivity contribution is -0.121. The van der Waals surface area contributed by atoms with E-state index in [1.807, 2.05) is 42.5 Å². The van der Waals surface area contributed by atoms with Gasteiger partial charge in [-0.05, 0) is 48.2 Å². The number of fused-ring (bicyclic) bond motifs is 1. The van der Waals surface area contributed by atoms with Gasteiger partial charge in [0.25, 0.3) is 0 Å². The molecule has 2 aromatic rings. The van der Waals surface area contributed by atoms with Crippen LogP contribution in [0.5, 0.6) is 5.75 Å². The zero-order chi connectivity index (χ0) is 19.4. The first-order valence-corrected chi connectivity index (χ1v) is 9.08. The van der Waals surface area contributed by atoms with Gasteiger partial charge >= 0.3 is 0 Å². The monoisotopic (exact) mass is 403 g/mol. The van der Waals surface area contributed by atoms with Gasteiger partial charge < -0.3 is 20.7 Å². The van der Waals surface area contributed by atoms with Gasteiger partial charge in [-0.25, -0.2) is 0 Å². The Kier molecular flexibility index (Phi) is 7.29. The lowest BCUT2D eigenvalue weighted by Gasteiger charge is -2.31. The Morgan fingerprint density at radius 2 is 1.93 bits per heavy atom. The van der Waals surface area contributed by atoms with Crippen LogP contribution in [0.4, 0.5) is 11.4 Å². The number of nitrogen functional groups attached to an aromatic ring is 1. The number of rotatable bonds is 5. The number of benzene rings is 2. The summed E-state index contributed by atoms with van der Waals surface area (Å²) >= 11 is 0. The second-order valence-electron chi connectivity index (χ2n) is 6.72. The van der Waals surface area contributed by atoms with Gasteiger partial charge in [0.2, 0.25) is 11.8 Å². The highest BCUT2D eigenvalue weighted by Gasteiger charge is 2.26. The number of halogens is 1. The van der Waals surface area contributed by atoms with Gasteiger partial charge in [-0.1, -0.05) is 18.2 Å². The molecule has 0 aromatic heterocycles. The van der Waals surface area contributed by atoms with Gasteiger partial charge in [0.05, 0.1) is 19.6 Å². The summed E-state index contributed by atoms with van der Waals surface area (Å²) in [6, 6.07) is 12.7. The average Bonchev–Trinajstić information content (AvgIpc) is 2.67. The van der Waals surface area contributed by atoms with Crippen molar-refractivity contribution in [2.45, 2.75) is 32.2 Å². The Hall–Kier alpha value is -2.73. The van der Waals surface area contributed by atoms with E-state index in [1.165, 1.54) is 6.92 Å². The van der Waals surface area contributed by atoms with Crippen LogP contribution in [0.3, 0.4) is 0 Å². The first-order chi connectivity index (χ1) is 13.0. The molecule has 0 aliphatic carbocycles. The predicted octanol–water partition coefficient (Wildman–Crippen LogP) is 3.25. The zero-order valence-electron chi connectivity index (χ0n) is 16.1. The Morgan fingerprint density at radius 1 is 1.21 bits per heavy atom. The fourth-order valence-corrected chi connectivity index (χ4v) is 3.53. The zero-order valence-corrected chi connectivity index (χ0v) is 16.9. The molecule has 0 bridgehead atoms. The van der Waals surface area contributed by atoms with Crippen molar-refractivity contribution in [2.24, 2.45) is 0 Å². The molecule has 0 radical (unpaired) electrons. The average molecular weight is 404 g/mol. The maximum Gasteiger partial charge on any atom is 0.229 e. The summed E-state index contributed by atoms with van der Waals surface area (Å²) in [5.74, 6) is 0.523. The molecule has 2 amide bonds. The minimum absolute atomic E-state index is 0. The van der Waals surface area contributed by atoms with E-state index in [1.54, 1.807) is 12.0 Å². The van der Waals surface area contributed by atoms with E-state index in [-0.39, 0.29) is 30.6 Å². The van der Waals surface area contributed by atoms with Crippen molar-refractivity contribution in [1.29, 1.82) is 0 Å². The minimum Gasteiger partial charge on any atom is -0.497 e. The molecule has 6 nitrogen and oxygen atoms in total. The Labute approximate surface area is 171 Å². The van der Waals surface area contributed by atoms with Crippen molar-refractivity contribution in [3.8, 4) is 5.75 Å². The number of nitrogens with zero attached hydrogens (tertiary/aromatic N) is 1. The summed E-state index contributed by atoms with van der Waals surface area (Å²) < 4.78 is 5.18. The van der Waals surface area contributed by atoms with E-state index >= 15 is 0 Å². The molecule has 28 heavy (non-hydrogen) atoms. The fourth-order valence-electron chi connectivity index (χ4n) is 3.53. The maximum absolute atomic E-state index is 13.1. The molecule has 150 valence electrons. The number of nitrogens with two attached hydrogens (primary N) is 1. The number of anilines is 2. The van der Waals surface area contributed by atoms with Gasteiger partial charge in [-0.2, -0.15) is 0 Å². The number of carbonyl (C=O) groups is 2. The quantitative estimate of drug-likeness (QED) is 0.750. The number of ether oxygens (including phenoxy) is 1. The van der Waals surface area contributed by atoms with E-state index in [0.717, 1.165) is 41.1 Å². The number of nitrogens with one attached hydrogen (secondary N) is 1. The molecule has 1 aliphatic rings. The molecule has 0 saturated heterocycles. The van der Waals surface area contributed by atoms with E-state index in [9.17, 15) is 9.59 Å². The smallest absolute Gasteiger partial charge is 0.229 e. The van der Waals surface area contributed by atoms with E-state index < -0.39 is 6.04 Å². The number of methoxy groups -OCH3 is 1. The van der Waals surface area contributed by atoms with Crippen molar-refractivity contribution in [1.82, 2.24) is 5.32 Å². The topological polar surface area (TPSA) is 84.7 Å². The first kappa shape index (κ1) is 21.6. The largest absolute Gasteiger partial charge is 0.497 e. The molecule has 1 atom stereocenters. The van der Waals surface area contributed by atoms with Crippen LogP contribution in [-0.4, -0.2) is 25.5 Å². The van der Waals surface area contributed by atoms with Crippen LogP contribution in [0.2, 0.25) is 0 Å². The van der Waals surface area contributed by atoms with Crippen LogP contribution < -0.4 is 20.7 Å². The first-order valence-electron chi connectivity index (χ1n) is 9.08. The molecule has 0 saturated carbocycles. The number of hydrogen-bond donors (Lipinski definition) is 2. The fraction of sp³-hybridized carbons (Fsp3) is 0.333. The molecule has 0 fully saturated rings. The van der Waals surface area contributed by atoms with Crippen molar-refractivity contribution in [3.63, 3.8) is 0 Å². The normalized spacial score (nSPS) is 13.7. The van der Waals surface area contributed by atoms with E-state index in [4.69, 9.17) is 10.5 Å². The molecule has 2 aromatic carbocycles. The molecule has 3 rings (SSSR count). The van der Waals surface area contributed by atoms with E-state index in [0.29, 0.717) is 6.54 Å².